The lowest BCUT2D eigenvalue weighted by Crippen LogP contribution is -2.32. The molecule has 1 N–H and O–H groups in total. The molecular formula is C13H14N4OS. The number of hydrazone groups is 1. The minimum atomic E-state index is 0.00184. The van der Waals surface area contributed by atoms with E-state index in [1.54, 1.807) is 23.9 Å². The first-order valence-corrected chi connectivity index (χ1v) is 7.04. The van der Waals surface area contributed by atoms with E-state index in [1.165, 1.54) is 0 Å². The molecule has 3 rings (SSSR count). The summed E-state index contributed by atoms with van der Waals surface area (Å²) < 4.78 is 1.97. The first-order valence-electron chi connectivity index (χ1n) is 6.23. The van der Waals surface area contributed by atoms with Crippen molar-refractivity contribution in [2.45, 2.75) is 19.8 Å². The number of hydrogen-bond acceptors (Lipinski definition) is 4. The fourth-order valence-electron chi connectivity index (χ4n) is 2.17. The maximum absolute atomic E-state index is 11.4. The molecule has 0 aliphatic carbocycles. The van der Waals surface area contributed by atoms with Crippen LogP contribution >= 0.6 is 11.3 Å². The highest BCUT2D eigenvalue weighted by atomic mass is 32.1. The molecule has 98 valence electrons. The molecule has 2 aromatic heterocycles. The molecule has 0 bridgehead atoms. The Morgan fingerprint density at radius 2 is 2.42 bits per heavy atom. The van der Waals surface area contributed by atoms with Crippen molar-refractivity contribution in [3.8, 4) is 5.00 Å². The number of nitrogens with zero attached hydrogens (tertiary/aromatic N) is 3. The summed E-state index contributed by atoms with van der Waals surface area (Å²) in [5.41, 5.74) is 3.56. The fourth-order valence-corrected chi connectivity index (χ4v) is 3.20. The Morgan fingerprint density at radius 3 is 3.16 bits per heavy atom. The zero-order chi connectivity index (χ0) is 13.2. The molecule has 1 unspecified atom stereocenters. The molecule has 19 heavy (non-hydrogen) atoms. The number of rotatable bonds is 3. The number of carbonyl (C=O) groups is 1. The monoisotopic (exact) mass is 274 g/mol. The van der Waals surface area contributed by atoms with Gasteiger partial charge in [-0.05, 0) is 18.6 Å². The number of imidazole rings is 1. The third kappa shape index (κ3) is 2.31. The zero-order valence-corrected chi connectivity index (χ0v) is 11.4. The second kappa shape index (κ2) is 4.97. The molecular weight excluding hydrogens is 260 g/mol. The third-order valence-electron chi connectivity index (χ3n) is 3.22. The smallest absolute Gasteiger partial charge is 0.240 e. The minimum Gasteiger partial charge on any atom is -0.298 e. The van der Waals surface area contributed by atoms with Gasteiger partial charge < -0.3 is 0 Å². The second-order valence-corrected chi connectivity index (χ2v) is 5.51. The molecule has 3 heterocycles. The highest BCUT2D eigenvalue weighted by Gasteiger charge is 2.25. The van der Waals surface area contributed by atoms with Gasteiger partial charge in [0.15, 0.2) is 0 Å². The molecule has 0 saturated carbocycles. The van der Waals surface area contributed by atoms with Gasteiger partial charge in [-0.1, -0.05) is 6.92 Å². The molecule has 2 aromatic rings. The van der Waals surface area contributed by atoms with Crippen molar-refractivity contribution < 1.29 is 4.79 Å². The summed E-state index contributed by atoms with van der Waals surface area (Å²) in [6.45, 7) is 2.09. The molecule has 1 amide bonds. The first-order chi connectivity index (χ1) is 9.28. The summed E-state index contributed by atoms with van der Waals surface area (Å²) in [4.78, 5) is 16.5. The number of thiophene rings is 1. The summed E-state index contributed by atoms with van der Waals surface area (Å²) in [5.74, 6) is 0.213. The van der Waals surface area contributed by atoms with E-state index in [0.29, 0.717) is 6.42 Å². The second-order valence-electron chi connectivity index (χ2n) is 4.45. The zero-order valence-electron chi connectivity index (χ0n) is 10.5. The number of carbonyl (C=O) groups excluding carboxylic acids is 1. The molecule has 0 fully saturated rings. The average Bonchev–Trinajstić information content (AvgIpc) is 3.09. The van der Waals surface area contributed by atoms with Gasteiger partial charge in [0.1, 0.15) is 5.00 Å². The standard InChI is InChI=1S/C13H14N4OS/c1-2-9-7-11(18)15-16-13(9)10-3-4-12(19-10)17-6-5-14-8-17/h3-6,8-9H,2,7H2,1H3,(H,15,18). The third-order valence-corrected chi connectivity index (χ3v) is 4.34. The normalized spacial score (nSPS) is 19.1. The Hall–Kier alpha value is -1.95. The summed E-state index contributed by atoms with van der Waals surface area (Å²) in [6.07, 6.45) is 6.89. The van der Waals surface area contributed by atoms with Crippen LogP contribution in [0.5, 0.6) is 0 Å². The van der Waals surface area contributed by atoms with Crippen LogP contribution in [0.3, 0.4) is 0 Å². The van der Waals surface area contributed by atoms with Crippen LogP contribution in [-0.4, -0.2) is 21.2 Å². The Morgan fingerprint density at radius 1 is 1.53 bits per heavy atom. The van der Waals surface area contributed by atoms with Crippen LogP contribution in [0.25, 0.3) is 5.00 Å². The van der Waals surface area contributed by atoms with Gasteiger partial charge in [-0.3, -0.25) is 9.36 Å². The van der Waals surface area contributed by atoms with E-state index in [2.05, 4.69) is 28.5 Å². The van der Waals surface area contributed by atoms with Gasteiger partial charge in [0.05, 0.1) is 16.9 Å². The number of hydrogen-bond donors (Lipinski definition) is 1. The van der Waals surface area contributed by atoms with Crippen molar-refractivity contribution in [3.05, 3.63) is 35.7 Å². The van der Waals surface area contributed by atoms with Crippen LogP contribution < -0.4 is 5.43 Å². The Bertz CT molecular complexity index is 614. The van der Waals surface area contributed by atoms with Gasteiger partial charge >= 0.3 is 0 Å². The molecule has 0 aromatic carbocycles. The van der Waals surface area contributed by atoms with Gasteiger partial charge in [0, 0.05) is 24.7 Å². The first kappa shape index (κ1) is 12.1. The summed E-state index contributed by atoms with van der Waals surface area (Å²) in [7, 11) is 0. The molecule has 1 aliphatic rings. The van der Waals surface area contributed by atoms with Crippen LogP contribution in [0, 0.1) is 5.92 Å². The van der Waals surface area contributed by atoms with E-state index >= 15 is 0 Å². The summed E-state index contributed by atoms with van der Waals surface area (Å²) in [6, 6.07) is 4.10. The lowest BCUT2D eigenvalue weighted by Gasteiger charge is -2.20. The van der Waals surface area contributed by atoms with Crippen LogP contribution in [0.1, 0.15) is 24.6 Å². The lowest BCUT2D eigenvalue weighted by atomic mass is 9.94. The van der Waals surface area contributed by atoms with E-state index < -0.39 is 0 Å². The predicted molar refractivity (Wildman–Crippen MR) is 74.5 cm³/mol. The Kier molecular flexibility index (Phi) is 3.16. The van der Waals surface area contributed by atoms with Crippen LogP contribution in [0.2, 0.25) is 0 Å². The van der Waals surface area contributed by atoms with Crippen LogP contribution in [0.15, 0.2) is 36.0 Å². The maximum Gasteiger partial charge on any atom is 0.240 e. The van der Waals surface area contributed by atoms with Crippen molar-refractivity contribution in [1.29, 1.82) is 0 Å². The number of nitrogens with one attached hydrogen (secondary N) is 1. The van der Waals surface area contributed by atoms with E-state index in [0.717, 1.165) is 22.0 Å². The van der Waals surface area contributed by atoms with Crippen molar-refractivity contribution >= 4 is 23.0 Å². The van der Waals surface area contributed by atoms with Crippen molar-refractivity contribution in [2.24, 2.45) is 11.0 Å². The quantitative estimate of drug-likeness (QED) is 0.932. The van der Waals surface area contributed by atoms with Crippen LogP contribution in [0.4, 0.5) is 0 Å². The molecule has 0 saturated heterocycles. The molecule has 1 atom stereocenters. The van der Waals surface area contributed by atoms with E-state index in [9.17, 15) is 4.79 Å². The van der Waals surface area contributed by atoms with Crippen molar-refractivity contribution in [2.75, 3.05) is 0 Å². The summed E-state index contributed by atoms with van der Waals surface area (Å²) >= 11 is 1.66. The molecule has 0 radical (unpaired) electrons. The van der Waals surface area contributed by atoms with Gasteiger partial charge in [-0.25, -0.2) is 10.4 Å². The highest BCUT2D eigenvalue weighted by molar-refractivity contribution is 7.16. The predicted octanol–water partition coefficient (Wildman–Crippen LogP) is 2.18. The summed E-state index contributed by atoms with van der Waals surface area (Å²) in [5, 5.41) is 5.33. The average molecular weight is 274 g/mol. The van der Waals surface area contributed by atoms with Crippen molar-refractivity contribution in [3.63, 3.8) is 0 Å². The van der Waals surface area contributed by atoms with Gasteiger partial charge in [-0.2, -0.15) is 5.10 Å². The maximum atomic E-state index is 11.4. The van der Waals surface area contributed by atoms with Crippen LogP contribution in [-0.2, 0) is 4.79 Å². The number of aromatic nitrogens is 2. The van der Waals surface area contributed by atoms with Gasteiger partial charge in [-0.15, -0.1) is 11.3 Å². The van der Waals surface area contributed by atoms with Gasteiger partial charge in [0.2, 0.25) is 5.91 Å². The molecule has 5 nitrogen and oxygen atoms in total. The Labute approximate surface area is 115 Å². The highest BCUT2D eigenvalue weighted by Crippen LogP contribution is 2.27. The van der Waals surface area contributed by atoms with E-state index in [4.69, 9.17) is 0 Å². The topological polar surface area (TPSA) is 59.3 Å². The van der Waals surface area contributed by atoms with Gasteiger partial charge in [0.25, 0.3) is 0 Å². The lowest BCUT2D eigenvalue weighted by molar-refractivity contribution is -0.122. The molecule has 1 aliphatic heterocycles. The van der Waals surface area contributed by atoms with Crippen molar-refractivity contribution in [1.82, 2.24) is 15.0 Å². The van der Waals surface area contributed by atoms with E-state index in [-0.39, 0.29) is 11.8 Å². The molecule has 0 spiro atoms. The molecule has 6 heteroatoms. The Balaban J connectivity index is 1.92. The largest absolute Gasteiger partial charge is 0.298 e. The van der Waals surface area contributed by atoms with E-state index in [1.807, 2.05) is 16.8 Å². The fraction of sp³-hybridized carbons (Fsp3) is 0.308. The minimum absolute atomic E-state index is 0.00184. The number of amides is 1. The SMILES string of the molecule is CCC1CC(=O)NN=C1c1ccc(-n2ccnc2)s1.